The Balaban J connectivity index is 1.89. The molecule has 3 aromatic carbocycles. The SMILES string of the molecule is Cc1cccc2c1C(C)N(Cc1ccccc1)C(C)c1ccccc1-2. The van der Waals surface area contributed by atoms with Gasteiger partial charge in [0.25, 0.3) is 0 Å². The van der Waals surface area contributed by atoms with Crippen LogP contribution in [0.2, 0.25) is 0 Å². The highest BCUT2D eigenvalue weighted by atomic mass is 15.2. The van der Waals surface area contributed by atoms with Crippen molar-refractivity contribution in [1.29, 1.82) is 0 Å². The number of fused-ring (bicyclic) bond motifs is 3. The first-order valence-corrected chi connectivity index (χ1v) is 9.15. The maximum absolute atomic E-state index is 2.63. The average molecular weight is 327 g/mol. The summed E-state index contributed by atoms with van der Waals surface area (Å²) in [6.07, 6.45) is 0. The molecule has 1 heteroatoms. The summed E-state index contributed by atoms with van der Waals surface area (Å²) >= 11 is 0. The quantitative estimate of drug-likeness (QED) is 0.534. The van der Waals surface area contributed by atoms with Crippen molar-refractivity contribution in [2.45, 2.75) is 39.4 Å². The average Bonchev–Trinajstić information content (AvgIpc) is 2.73. The van der Waals surface area contributed by atoms with E-state index in [4.69, 9.17) is 0 Å². The van der Waals surface area contributed by atoms with Gasteiger partial charge in [0.2, 0.25) is 0 Å². The Morgan fingerprint density at radius 1 is 0.720 bits per heavy atom. The van der Waals surface area contributed by atoms with E-state index >= 15 is 0 Å². The van der Waals surface area contributed by atoms with Crippen molar-refractivity contribution in [2.75, 3.05) is 0 Å². The molecule has 0 saturated carbocycles. The third-order valence-corrected chi connectivity index (χ3v) is 5.65. The Kier molecular flexibility index (Phi) is 4.19. The molecule has 0 bridgehead atoms. The van der Waals surface area contributed by atoms with E-state index in [0.717, 1.165) is 6.54 Å². The van der Waals surface area contributed by atoms with Gasteiger partial charge in [-0.25, -0.2) is 0 Å². The number of benzene rings is 3. The van der Waals surface area contributed by atoms with E-state index in [1.54, 1.807) is 0 Å². The molecule has 0 spiro atoms. The van der Waals surface area contributed by atoms with Gasteiger partial charge in [0.1, 0.15) is 0 Å². The van der Waals surface area contributed by atoms with E-state index in [1.807, 2.05) is 0 Å². The van der Waals surface area contributed by atoms with E-state index in [-0.39, 0.29) is 0 Å². The monoisotopic (exact) mass is 327 g/mol. The summed E-state index contributed by atoms with van der Waals surface area (Å²) in [5.41, 5.74) is 8.43. The van der Waals surface area contributed by atoms with Crippen LogP contribution in [-0.2, 0) is 6.54 Å². The Bertz CT molecular complexity index is 882. The summed E-state index contributed by atoms with van der Waals surface area (Å²) < 4.78 is 0. The Hall–Kier alpha value is -2.38. The van der Waals surface area contributed by atoms with Gasteiger partial charge in [0.15, 0.2) is 0 Å². The van der Waals surface area contributed by atoms with Gasteiger partial charge in [-0.15, -0.1) is 0 Å². The molecule has 2 unspecified atom stereocenters. The summed E-state index contributed by atoms with van der Waals surface area (Å²) in [4.78, 5) is 2.63. The van der Waals surface area contributed by atoms with E-state index in [1.165, 1.54) is 33.4 Å². The second kappa shape index (κ2) is 6.50. The lowest BCUT2D eigenvalue weighted by atomic mass is 9.91. The fourth-order valence-electron chi connectivity index (χ4n) is 4.32. The normalized spacial score (nSPS) is 19.8. The largest absolute Gasteiger partial charge is 0.286 e. The maximum atomic E-state index is 2.63. The van der Waals surface area contributed by atoms with Gasteiger partial charge < -0.3 is 0 Å². The van der Waals surface area contributed by atoms with E-state index in [0.29, 0.717) is 12.1 Å². The molecule has 1 aliphatic heterocycles. The first-order valence-electron chi connectivity index (χ1n) is 9.15. The highest BCUT2D eigenvalue weighted by Gasteiger charge is 2.31. The van der Waals surface area contributed by atoms with Crippen LogP contribution in [-0.4, -0.2) is 4.90 Å². The smallest absolute Gasteiger partial charge is 0.0338 e. The van der Waals surface area contributed by atoms with Crippen LogP contribution in [0.1, 0.15) is 48.2 Å². The van der Waals surface area contributed by atoms with Gasteiger partial charge in [0.05, 0.1) is 0 Å². The third-order valence-electron chi connectivity index (χ3n) is 5.65. The molecule has 0 radical (unpaired) electrons. The van der Waals surface area contributed by atoms with Crippen molar-refractivity contribution in [3.8, 4) is 11.1 Å². The summed E-state index contributed by atoms with van der Waals surface area (Å²) in [6, 6.07) is 27.2. The molecule has 0 fully saturated rings. The lowest BCUT2D eigenvalue weighted by molar-refractivity contribution is 0.147. The number of aryl methyl sites for hydroxylation is 1. The molecule has 25 heavy (non-hydrogen) atoms. The Morgan fingerprint density at radius 3 is 2.20 bits per heavy atom. The standard InChI is InChI=1S/C24H25N/c1-17-10-9-15-23-22-14-8-7-13-21(22)18(2)25(19(3)24(17)23)16-20-11-5-4-6-12-20/h4-15,18-19H,16H2,1-3H3. The van der Waals surface area contributed by atoms with Crippen molar-refractivity contribution in [3.63, 3.8) is 0 Å². The van der Waals surface area contributed by atoms with Gasteiger partial charge >= 0.3 is 0 Å². The summed E-state index contributed by atoms with van der Waals surface area (Å²) in [6.45, 7) is 7.91. The van der Waals surface area contributed by atoms with Crippen LogP contribution >= 0.6 is 0 Å². The number of rotatable bonds is 2. The van der Waals surface area contributed by atoms with Crippen molar-refractivity contribution in [2.24, 2.45) is 0 Å². The van der Waals surface area contributed by atoms with Gasteiger partial charge in [-0.1, -0.05) is 72.8 Å². The second-order valence-corrected chi connectivity index (χ2v) is 7.13. The summed E-state index contributed by atoms with van der Waals surface area (Å²) in [7, 11) is 0. The van der Waals surface area contributed by atoms with Crippen LogP contribution in [0.5, 0.6) is 0 Å². The molecule has 1 heterocycles. The molecule has 4 rings (SSSR count). The van der Waals surface area contributed by atoms with Gasteiger partial charge in [0, 0.05) is 18.6 Å². The molecule has 0 aromatic heterocycles. The molecule has 0 amide bonds. The minimum atomic E-state index is 0.373. The third kappa shape index (κ3) is 2.79. The predicted molar refractivity (Wildman–Crippen MR) is 105 cm³/mol. The van der Waals surface area contributed by atoms with E-state index < -0.39 is 0 Å². The van der Waals surface area contributed by atoms with Crippen LogP contribution < -0.4 is 0 Å². The topological polar surface area (TPSA) is 3.24 Å². The number of hydrogen-bond acceptors (Lipinski definition) is 1. The van der Waals surface area contributed by atoms with Crippen molar-refractivity contribution in [3.05, 3.63) is 95.1 Å². The predicted octanol–water partition coefficient (Wildman–Crippen LogP) is 6.30. The van der Waals surface area contributed by atoms with Crippen LogP contribution in [0.25, 0.3) is 11.1 Å². The second-order valence-electron chi connectivity index (χ2n) is 7.13. The van der Waals surface area contributed by atoms with Crippen molar-refractivity contribution < 1.29 is 0 Å². The molecule has 126 valence electrons. The lowest BCUT2D eigenvalue weighted by Crippen LogP contribution is -2.29. The molecule has 2 atom stereocenters. The zero-order chi connectivity index (χ0) is 17.4. The Labute approximate surface area is 150 Å². The maximum Gasteiger partial charge on any atom is 0.0338 e. The van der Waals surface area contributed by atoms with Crippen LogP contribution in [0.4, 0.5) is 0 Å². The fourth-order valence-corrected chi connectivity index (χ4v) is 4.32. The minimum absolute atomic E-state index is 0.373. The van der Waals surface area contributed by atoms with Crippen LogP contribution in [0, 0.1) is 6.92 Å². The minimum Gasteiger partial charge on any atom is -0.286 e. The molecular formula is C24H25N. The molecule has 0 N–H and O–H groups in total. The zero-order valence-corrected chi connectivity index (χ0v) is 15.2. The van der Waals surface area contributed by atoms with E-state index in [9.17, 15) is 0 Å². The molecular weight excluding hydrogens is 302 g/mol. The van der Waals surface area contributed by atoms with Crippen LogP contribution in [0.3, 0.4) is 0 Å². The zero-order valence-electron chi connectivity index (χ0n) is 15.2. The molecule has 3 aromatic rings. The highest BCUT2D eigenvalue weighted by Crippen LogP contribution is 2.44. The molecule has 0 saturated heterocycles. The lowest BCUT2D eigenvalue weighted by Gasteiger charge is -2.34. The summed E-state index contributed by atoms with van der Waals surface area (Å²) in [5.74, 6) is 0. The summed E-state index contributed by atoms with van der Waals surface area (Å²) in [5, 5.41) is 0. The Morgan fingerprint density at radius 2 is 1.40 bits per heavy atom. The van der Waals surface area contributed by atoms with E-state index in [2.05, 4.69) is 98.5 Å². The molecule has 1 aliphatic rings. The molecule has 0 aliphatic carbocycles. The fraction of sp³-hybridized carbons (Fsp3) is 0.250. The highest BCUT2D eigenvalue weighted by molar-refractivity contribution is 5.74. The van der Waals surface area contributed by atoms with Gasteiger partial charge in [-0.05, 0) is 54.2 Å². The number of nitrogens with zero attached hydrogens (tertiary/aromatic N) is 1. The van der Waals surface area contributed by atoms with Crippen molar-refractivity contribution >= 4 is 0 Å². The first-order chi connectivity index (χ1) is 12.2. The van der Waals surface area contributed by atoms with Gasteiger partial charge in [-0.3, -0.25) is 4.90 Å². The van der Waals surface area contributed by atoms with Gasteiger partial charge in [-0.2, -0.15) is 0 Å². The molecule has 1 nitrogen and oxygen atoms in total. The van der Waals surface area contributed by atoms with Crippen LogP contribution in [0.15, 0.2) is 72.8 Å². The number of hydrogen-bond donors (Lipinski definition) is 0. The first kappa shape index (κ1) is 16.1. The van der Waals surface area contributed by atoms with Crippen molar-refractivity contribution in [1.82, 2.24) is 4.90 Å².